The van der Waals surface area contributed by atoms with Crippen LogP contribution in [0.25, 0.3) is 0 Å². The summed E-state index contributed by atoms with van der Waals surface area (Å²) < 4.78 is 0. The zero-order chi connectivity index (χ0) is 17.3. The number of nitrogens with one attached hydrogen (secondary N) is 2. The van der Waals surface area contributed by atoms with E-state index in [-0.39, 0.29) is 11.8 Å². The van der Waals surface area contributed by atoms with Gasteiger partial charge in [-0.2, -0.15) is 0 Å². The molecule has 0 unspecified atom stereocenters. The molecule has 0 saturated heterocycles. The third kappa shape index (κ3) is 3.51. The normalized spacial score (nSPS) is 14.8. The van der Waals surface area contributed by atoms with Crippen LogP contribution in [0.4, 0.5) is 11.4 Å². The highest BCUT2D eigenvalue weighted by molar-refractivity contribution is 6.37. The van der Waals surface area contributed by atoms with E-state index in [4.69, 9.17) is 34.8 Å². The first-order chi connectivity index (χ1) is 11.4. The predicted molar refractivity (Wildman–Crippen MR) is 96.8 cm³/mol. The number of amides is 2. The van der Waals surface area contributed by atoms with Gasteiger partial charge in [0, 0.05) is 15.7 Å². The smallest absolute Gasteiger partial charge is 0.240 e. The molecule has 7 heteroatoms. The summed E-state index contributed by atoms with van der Waals surface area (Å²) in [6.07, 6.45) is 0.979. The van der Waals surface area contributed by atoms with E-state index in [1.54, 1.807) is 36.4 Å². The molecule has 2 amide bonds. The Labute approximate surface area is 154 Å². The van der Waals surface area contributed by atoms with Crippen LogP contribution < -0.4 is 10.6 Å². The zero-order valence-electron chi connectivity index (χ0n) is 12.4. The number of hydrogen-bond acceptors (Lipinski definition) is 2. The van der Waals surface area contributed by atoms with Gasteiger partial charge in [0.2, 0.25) is 11.8 Å². The molecule has 3 rings (SSSR count). The topological polar surface area (TPSA) is 58.2 Å². The fraction of sp³-hybridized carbons (Fsp3) is 0.176. The molecule has 0 aromatic heterocycles. The number of carbonyl (C=O) groups is 2. The molecular weight excluding hydrogens is 371 g/mol. The van der Waals surface area contributed by atoms with Crippen molar-refractivity contribution in [2.45, 2.75) is 12.8 Å². The number of anilines is 2. The molecule has 0 radical (unpaired) electrons. The minimum absolute atomic E-state index is 0.324. The van der Waals surface area contributed by atoms with Crippen LogP contribution in [0.5, 0.6) is 0 Å². The van der Waals surface area contributed by atoms with Crippen molar-refractivity contribution in [3.63, 3.8) is 0 Å². The maximum Gasteiger partial charge on any atom is 0.240 e. The van der Waals surface area contributed by atoms with E-state index in [0.717, 1.165) is 0 Å². The van der Waals surface area contributed by atoms with Crippen LogP contribution in [-0.4, -0.2) is 11.8 Å². The summed E-state index contributed by atoms with van der Waals surface area (Å²) in [4.78, 5) is 25.0. The average molecular weight is 384 g/mol. The van der Waals surface area contributed by atoms with Crippen molar-refractivity contribution in [2.75, 3.05) is 10.6 Å². The van der Waals surface area contributed by atoms with Gasteiger partial charge in [-0.15, -0.1) is 0 Å². The first kappa shape index (κ1) is 17.1. The van der Waals surface area contributed by atoms with Crippen molar-refractivity contribution in [1.82, 2.24) is 0 Å². The van der Waals surface area contributed by atoms with Gasteiger partial charge in [-0.3, -0.25) is 9.59 Å². The zero-order valence-corrected chi connectivity index (χ0v) is 14.7. The summed E-state index contributed by atoms with van der Waals surface area (Å²) >= 11 is 17.7. The van der Waals surface area contributed by atoms with Crippen molar-refractivity contribution >= 4 is 58.0 Å². The van der Waals surface area contributed by atoms with Crippen LogP contribution in [0.2, 0.25) is 15.1 Å². The predicted octanol–water partition coefficient (Wildman–Crippen LogP) is 5.00. The lowest BCUT2D eigenvalue weighted by Gasteiger charge is -2.16. The SMILES string of the molecule is O=C(Nc1ccc(Cl)cc1)C1(C(=O)Nc2ccc(Cl)cc2Cl)CC1. The molecule has 2 aromatic rings. The van der Waals surface area contributed by atoms with Gasteiger partial charge in [0.1, 0.15) is 5.41 Å². The fourth-order valence-corrected chi connectivity index (χ4v) is 2.88. The van der Waals surface area contributed by atoms with Gasteiger partial charge >= 0.3 is 0 Å². The lowest BCUT2D eigenvalue weighted by atomic mass is 10.0. The van der Waals surface area contributed by atoms with E-state index in [1.165, 1.54) is 6.07 Å². The van der Waals surface area contributed by atoms with Gasteiger partial charge in [0.15, 0.2) is 0 Å². The molecule has 1 fully saturated rings. The first-order valence-electron chi connectivity index (χ1n) is 7.24. The molecule has 2 N–H and O–H groups in total. The van der Waals surface area contributed by atoms with Crippen molar-refractivity contribution in [1.29, 1.82) is 0 Å². The van der Waals surface area contributed by atoms with Crippen LogP contribution in [-0.2, 0) is 9.59 Å². The maximum absolute atomic E-state index is 12.5. The summed E-state index contributed by atoms with van der Waals surface area (Å²) in [5.74, 6) is -0.717. The van der Waals surface area contributed by atoms with E-state index in [9.17, 15) is 9.59 Å². The second kappa shape index (κ2) is 6.63. The lowest BCUT2D eigenvalue weighted by molar-refractivity contribution is -0.131. The molecule has 24 heavy (non-hydrogen) atoms. The molecule has 0 bridgehead atoms. The Kier molecular flexibility index (Phi) is 4.72. The standard InChI is InChI=1S/C17H13Cl3N2O2/c18-10-1-4-12(5-2-10)21-15(23)17(7-8-17)16(24)22-14-6-3-11(19)9-13(14)20/h1-6,9H,7-8H2,(H,21,23)(H,22,24). The van der Waals surface area contributed by atoms with Crippen LogP contribution in [0.15, 0.2) is 42.5 Å². The molecule has 4 nitrogen and oxygen atoms in total. The molecule has 124 valence electrons. The van der Waals surface area contributed by atoms with Crippen LogP contribution in [0.1, 0.15) is 12.8 Å². The van der Waals surface area contributed by atoms with E-state index in [1.807, 2.05) is 0 Å². The Morgan fingerprint density at radius 3 is 2.00 bits per heavy atom. The number of rotatable bonds is 4. The van der Waals surface area contributed by atoms with Gasteiger partial charge in [0.25, 0.3) is 0 Å². The highest BCUT2D eigenvalue weighted by Gasteiger charge is 2.56. The summed E-state index contributed by atoms with van der Waals surface area (Å²) in [6.45, 7) is 0. The quantitative estimate of drug-likeness (QED) is 0.730. The molecule has 1 aliphatic rings. The molecule has 0 heterocycles. The van der Waals surface area contributed by atoms with E-state index in [0.29, 0.717) is 39.3 Å². The van der Waals surface area contributed by atoms with Crippen LogP contribution >= 0.6 is 34.8 Å². The van der Waals surface area contributed by atoms with E-state index < -0.39 is 5.41 Å². The van der Waals surface area contributed by atoms with Gasteiger partial charge in [-0.1, -0.05) is 34.8 Å². The number of carbonyl (C=O) groups excluding carboxylic acids is 2. The van der Waals surface area contributed by atoms with Crippen molar-refractivity contribution < 1.29 is 9.59 Å². The third-order valence-corrected chi connectivity index (χ3v) is 4.70. The highest BCUT2D eigenvalue weighted by Crippen LogP contribution is 2.47. The Bertz CT molecular complexity index is 802. The van der Waals surface area contributed by atoms with Gasteiger partial charge in [0.05, 0.1) is 10.7 Å². The van der Waals surface area contributed by atoms with Crippen molar-refractivity contribution in [3.8, 4) is 0 Å². The molecule has 0 atom stereocenters. The van der Waals surface area contributed by atoms with Crippen LogP contribution in [0.3, 0.4) is 0 Å². The molecule has 2 aromatic carbocycles. The van der Waals surface area contributed by atoms with Gasteiger partial charge in [-0.05, 0) is 55.3 Å². The van der Waals surface area contributed by atoms with Gasteiger partial charge < -0.3 is 10.6 Å². The highest BCUT2D eigenvalue weighted by atomic mass is 35.5. The Morgan fingerprint density at radius 1 is 0.833 bits per heavy atom. The fourth-order valence-electron chi connectivity index (χ4n) is 2.30. The number of benzene rings is 2. The molecular formula is C17H13Cl3N2O2. The average Bonchev–Trinajstić information content (AvgIpc) is 3.34. The van der Waals surface area contributed by atoms with Gasteiger partial charge in [-0.25, -0.2) is 0 Å². The molecule has 0 spiro atoms. The third-order valence-electron chi connectivity index (χ3n) is 3.90. The van der Waals surface area contributed by atoms with Crippen LogP contribution in [0, 0.1) is 5.41 Å². The van der Waals surface area contributed by atoms with Crippen molar-refractivity contribution in [2.24, 2.45) is 5.41 Å². The molecule has 1 aliphatic carbocycles. The monoisotopic (exact) mass is 382 g/mol. The minimum atomic E-state index is -1.07. The summed E-state index contributed by atoms with van der Waals surface area (Å²) in [5.41, 5.74) is -0.0487. The Hall–Kier alpha value is -1.75. The summed E-state index contributed by atoms with van der Waals surface area (Å²) in [7, 11) is 0. The second-order valence-corrected chi connectivity index (χ2v) is 6.90. The molecule has 0 aliphatic heterocycles. The minimum Gasteiger partial charge on any atom is -0.325 e. The van der Waals surface area contributed by atoms with E-state index >= 15 is 0 Å². The Morgan fingerprint density at radius 2 is 1.42 bits per heavy atom. The summed E-state index contributed by atoms with van der Waals surface area (Å²) in [5, 5.41) is 6.82. The lowest BCUT2D eigenvalue weighted by Crippen LogP contribution is -2.35. The maximum atomic E-state index is 12.5. The largest absolute Gasteiger partial charge is 0.325 e. The number of hydrogen-bond donors (Lipinski definition) is 2. The van der Waals surface area contributed by atoms with E-state index in [2.05, 4.69) is 10.6 Å². The Balaban J connectivity index is 1.71. The molecule has 1 saturated carbocycles. The second-order valence-electron chi connectivity index (χ2n) is 5.62. The first-order valence-corrected chi connectivity index (χ1v) is 8.38. The van der Waals surface area contributed by atoms with Crippen molar-refractivity contribution in [3.05, 3.63) is 57.5 Å². The number of halogens is 3. The summed E-state index contributed by atoms with van der Waals surface area (Å²) in [6, 6.07) is 11.5.